The number of hydrogen-bond donors (Lipinski definition) is 4. The van der Waals surface area contributed by atoms with Gasteiger partial charge in [0.1, 0.15) is 11.5 Å². The van der Waals surface area contributed by atoms with Crippen LogP contribution in [0.1, 0.15) is 15.9 Å². The summed E-state index contributed by atoms with van der Waals surface area (Å²) in [4.78, 5) is 24.3. The first-order valence-corrected chi connectivity index (χ1v) is 9.32. The first-order valence-electron chi connectivity index (χ1n) is 8.91. The molecular formula is C22H19N3O4S. The number of amides is 2. The predicted molar refractivity (Wildman–Crippen MR) is 119 cm³/mol. The van der Waals surface area contributed by atoms with Crippen molar-refractivity contribution in [2.45, 2.75) is 0 Å². The smallest absolute Gasteiger partial charge is 0.273 e. The second kappa shape index (κ2) is 9.53. The third kappa shape index (κ3) is 5.33. The largest absolute Gasteiger partial charge is 0.507 e. The molecule has 4 N–H and O–H groups in total. The van der Waals surface area contributed by atoms with Crippen LogP contribution < -0.4 is 20.9 Å². The van der Waals surface area contributed by atoms with Crippen LogP contribution in [0, 0.1) is 0 Å². The molecule has 3 aromatic carbocycles. The number of thiocarbonyl (C=S) groups is 1. The Hall–Kier alpha value is -3.91. The van der Waals surface area contributed by atoms with Gasteiger partial charge in [0.05, 0.1) is 12.7 Å². The van der Waals surface area contributed by atoms with Crippen LogP contribution in [-0.4, -0.2) is 29.1 Å². The topological polar surface area (TPSA) is 99.7 Å². The SMILES string of the molecule is COc1ccc(/C=C/C(=O)NC(=S)NNC(=O)c2cc3ccccc3cc2O)cc1. The fraction of sp³-hybridized carbons (Fsp3) is 0.0455. The molecule has 8 heteroatoms. The molecule has 3 rings (SSSR count). The van der Waals surface area contributed by atoms with Crippen molar-refractivity contribution in [3.63, 3.8) is 0 Å². The number of phenols is 1. The van der Waals surface area contributed by atoms with E-state index in [0.29, 0.717) is 0 Å². The fourth-order valence-corrected chi connectivity index (χ4v) is 2.81. The Balaban J connectivity index is 1.53. The Bertz CT molecular complexity index is 1130. The zero-order valence-electron chi connectivity index (χ0n) is 16.0. The highest BCUT2D eigenvalue weighted by molar-refractivity contribution is 7.80. The summed E-state index contributed by atoms with van der Waals surface area (Å²) in [5, 5.41) is 14.0. The Morgan fingerprint density at radius 1 is 1.00 bits per heavy atom. The molecule has 3 aromatic rings. The molecule has 152 valence electrons. The first kappa shape index (κ1) is 20.8. The number of ether oxygens (including phenoxy) is 1. The number of aromatic hydroxyl groups is 1. The average molecular weight is 421 g/mol. The molecule has 0 aliphatic rings. The highest BCUT2D eigenvalue weighted by Crippen LogP contribution is 2.24. The second-order valence-electron chi connectivity index (χ2n) is 6.22. The number of hydrazine groups is 1. The molecule has 0 aliphatic carbocycles. The van der Waals surface area contributed by atoms with Crippen LogP contribution in [0.5, 0.6) is 11.5 Å². The normalized spacial score (nSPS) is 10.6. The third-order valence-corrected chi connectivity index (χ3v) is 4.38. The Morgan fingerprint density at radius 2 is 1.67 bits per heavy atom. The van der Waals surface area contributed by atoms with Crippen LogP contribution in [0.3, 0.4) is 0 Å². The van der Waals surface area contributed by atoms with Gasteiger partial charge in [-0.15, -0.1) is 0 Å². The second-order valence-corrected chi connectivity index (χ2v) is 6.63. The van der Waals surface area contributed by atoms with E-state index >= 15 is 0 Å². The Labute approximate surface area is 178 Å². The van der Waals surface area contributed by atoms with Crippen LogP contribution in [0.15, 0.2) is 66.7 Å². The minimum atomic E-state index is -0.594. The van der Waals surface area contributed by atoms with Crippen molar-refractivity contribution in [2.24, 2.45) is 0 Å². The number of fused-ring (bicyclic) bond motifs is 1. The van der Waals surface area contributed by atoms with Crippen LogP contribution in [0.25, 0.3) is 16.8 Å². The van der Waals surface area contributed by atoms with Crippen molar-refractivity contribution in [3.8, 4) is 11.5 Å². The average Bonchev–Trinajstić information content (AvgIpc) is 2.76. The van der Waals surface area contributed by atoms with Gasteiger partial charge in [-0.05, 0) is 58.9 Å². The highest BCUT2D eigenvalue weighted by atomic mass is 32.1. The van der Waals surface area contributed by atoms with Crippen molar-refractivity contribution >= 4 is 46.0 Å². The molecule has 0 atom stereocenters. The number of benzene rings is 3. The molecule has 0 saturated heterocycles. The summed E-state index contributed by atoms with van der Waals surface area (Å²) in [6.45, 7) is 0. The predicted octanol–water partition coefficient (Wildman–Crippen LogP) is 2.90. The van der Waals surface area contributed by atoms with E-state index in [9.17, 15) is 14.7 Å². The molecule has 2 amide bonds. The van der Waals surface area contributed by atoms with E-state index in [1.54, 1.807) is 43.5 Å². The lowest BCUT2D eigenvalue weighted by Gasteiger charge is -2.11. The van der Waals surface area contributed by atoms with Crippen LogP contribution >= 0.6 is 12.2 Å². The molecule has 0 bridgehead atoms. The van der Waals surface area contributed by atoms with Gasteiger partial charge in [-0.3, -0.25) is 25.8 Å². The van der Waals surface area contributed by atoms with Crippen molar-refractivity contribution in [1.29, 1.82) is 0 Å². The fourth-order valence-electron chi connectivity index (χ4n) is 2.66. The lowest BCUT2D eigenvalue weighted by molar-refractivity contribution is -0.115. The van der Waals surface area contributed by atoms with Gasteiger partial charge < -0.3 is 9.84 Å². The number of carbonyl (C=O) groups is 2. The van der Waals surface area contributed by atoms with Crippen molar-refractivity contribution in [1.82, 2.24) is 16.2 Å². The molecule has 0 unspecified atom stereocenters. The van der Waals surface area contributed by atoms with E-state index in [1.165, 1.54) is 12.1 Å². The molecule has 30 heavy (non-hydrogen) atoms. The quantitative estimate of drug-likeness (QED) is 0.294. The maximum absolute atomic E-state index is 12.3. The van der Waals surface area contributed by atoms with Crippen molar-refractivity contribution in [2.75, 3.05) is 7.11 Å². The van der Waals surface area contributed by atoms with Gasteiger partial charge in [0.25, 0.3) is 5.91 Å². The summed E-state index contributed by atoms with van der Waals surface area (Å²) in [5.74, 6) is -0.504. The molecule has 0 heterocycles. The summed E-state index contributed by atoms with van der Waals surface area (Å²) >= 11 is 5.00. The van der Waals surface area contributed by atoms with E-state index in [2.05, 4.69) is 16.2 Å². The van der Waals surface area contributed by atoms with E-state index in [-0.39, 0.29) is 16.4 Å². The number of nitrogens with one attached hydrogen (secondary N) is 3. The lowest BCUT2D eigenvalue weighted by atomic mass is 10.1. The molecular weight excluding hydrogens is 402 g/mol. The zero-order valence-corrected chi connectivity index (χ0v) is 16.8. The zero-order chi connectivity index (χ0) is 21.5. The van der Waals surface area contributed by atoms with E-state index in [4.69, 9.17) is 17.0 Å². The Kier molecular flexibility index (Phi) is 6.61. The molecule has 0 fully saturated rings. The minimum absolute atomic E-state index is 0.0785. The number of rotatable bonds is 4. The summed E-state index contributed by atoms with van der Waals surface area (Å²) in [6, 6.07) is 17.6. The first-order chi connectivity index (χ1) is 14.5. The van der Waals surface area contributed by atoms with Crippen LogP contribution in [-0.2, 0) is 4.79 Å². The monoisotopic (exact) mass is 421 g/mol. The summed E-state index contributed by atoms with van der Waals surface area (Å²) in [5.41, 5.74) is 5.68. The molecule has 0 radical (unpaired) electrons. The molecule has 7 nitrogen and oxygen atoms in total. The van der Waals surface area contributed by atoms with Crippen LogP contribution in [0.2, 0.25) is 0 Å². The summed E-state index contributed by atoms with van der Waals surface area (Å²) in [7, 11) is 1.58. The number of methoxy groups -OCH3 is 1. The molecule has 0 aromatic heterocycles. The van der Waals surface area contributed by atoms with Crippen LogP contribution in [0.4, 0.5) is 0 Å². The van der Waals surface area contributed by atoms with Gasteiger partial charge in [0.15, 0.2) is 5.11 Å². The Morgan fingerprint density at radius 3 is 2.33 bits per heavy atom. The van der Waals surface area contributed by atoms with Gasteiger partial charge in [-0.25, -0.2) is 0 Å². The van der Waals surface area contributed by atoms with Crippen molar-refractivity contribution < 1.29 is 19.4 Å². The summed E-state index contributed by atoms with van der Waals surface area (Å²) in [6.07, 6.45) is 2.93. The van der Waals surface area contributed by atoms with Gasteiger partial charge in [-0.1, -0.05) is 36.4 Å². The maximum atomic E-state index is 12.3. The van der Waals surface area contributed by atoms with Gasteiger partial charge in [0.2, 0.25) is 5.91 Å². The van der Waals surface area contributed by atoms with Gasteiger partial charge in [0, 0.05) is 6.08 Å². The van der Waals surface area contributed by atoms with E-state index in [0.717, 1.165) is 22.1 Å². The number of hydrogen-bond acceptors (Lipinski definition) is 5. The van der Waals surface area contributed by atoms with Crippen molar-refractivity contribution in [3.05, 3.63) is 77.9 Å². The lowest BCUT2D eigenvalue weighted by Crippen LogP contribution is -2.48. The molecule has 0 spiro atoms. The molecule has 0 saturated carbocycles. The highest BCUT2D eigenvalue weighted by Gasteiger charge is 2.13. The van der Waals surface area contributed by atoms with E-state index in [1.807, 2.05) is 24.3 Å². The van der Waals surface area contributed by atoms with Gasteiger partial charge >= 0.3 is 0 Å². The molecule has 0 aliphatic heterocycles. The van der Waals surface area contributed by atoms with Gasteiger partial charge in [-0.2, -0.15) is 0 Å². The minimum Gasteiger partial charge on any atom is -0.507 e. The maximum Gasteiger partial charge on any atom is 0.273 e. The van der Waals surface area contributed by atoms with E-state index < -0.39 is 11.8 Å². The third-order valence-electron chi connectivity index (χ3n) is 4.18. The number of carbonyl (C=O) groups excluding carboxylic acids is 2. The standard InChI is InChI=1S/C22H19N3O4S/c1-29-17-9-6-14(7-10-17)8-11-20(27)23-22(30)25-24-21(28)18-12-15-4-2-3-5-16(15)13-19(18)26/h2-13,26H,1H3,(H,24,28)(H2,23,25,27,30)/b11-8+. The summed E-state index contributed by atoms with van der Waals surface area (Å²) < 4.78 is 5.08. The number of phenolic OH excluding ortho intramolecular Hbond substituents is 1.